The Morgan fingerprint density at radius 1 is 1.27 bits per heavy atom. The van der Waals surface area contributed by atoms with Crippen molar-refractivity contribution >= 4 is 0 Å². The molecular formula is C10H4F3NO. The summed E-state index contributed by atoms with van der Waals surface area (Å²) in [4.78, 5) is 0. The van der Waals surface area contributed by atoms with Crippen LogP contribution in [-0.4, -0.2) is 6.36 Å². The Kier molecular flexibility index (Phi) is 3.20. The normalized spacial score (nSPS) is 9.73. The average Bonchev–Trinajstić information content (AvgIpc) is 2.12. The molecule has 0 saturated carbocycles. The predicted molar refractivity (Wildman–Crippen MR) is 45.6 cm³/mol. The van der Waals surface area contributed by atoms with Gasteiger partial charge in [-0.05, 0) is 18.2 Å². The van der Waals surface area contributed by atoms with Gasteiger partial charge in [-0.15, -0.1) is 13.2 Å². The minimum atomic E-state index is -4.72. The molecule has 0 aliphatic heterocycles. The van der Waals surface area contributed by atoms with Crippen LogP contribution in [0.15, 0.2) is 24.3 Å². The van der Waals surface area contributed by atoms with Gasteiger partial charge < -0.3 is 4.74 Å². The lowest BCUT2D eigenvalue weighted by Crippen LogP contribution is -2.17. The van der Waals surface area contributed by atoms with Gasteiger partial charge in [0.1, 0.15) is 5.75 Å². The van der Waals surface area contributed by atoms with Gasteiger partial charge in [-0.25, -0.2) is 0 Å². The number of halogens is 3. The Morgan fingerprint density at radius 3 is 2.60 bits per heavy atom. The first-order valence-electron chi connectivity index (χ1n) is 3.77. The third-order valence-corrected chi connectivity index (χ3v) is 1.33. The zero-order valence-corrected chi connectivity index (χ0v) is 7.30. The van der Waals surface area contributed by atoms with E-state index in [2.05, 4.69) is 16.6 Å². The van der Waals surface area contributed by atoms with Crippen LogP contribution in [0.3, 0.4) is 0 Å². The molecular weight excluding hydrogens is 207 g/mol. The Bertz CT molecular complexity index is 448. The van der Waals surface area contributed by atoms with Crippen LogP contribution in [0.2, 0.25) is 0 Å². The summed E-state index contributed by atoms with van der Waals surface area (Å²) in [5.41, 5.74) is 0.290. The van der Waals surface area contributed by atoms with Crippen molar-refractivity contribution in [2.24, 2.45) is 0 Å². The van der Waals surface area contributed by atoms with Gasteiger partial charge in [0.15, 0.2) is 6.07 Å². The minimum absolute atomic E-state index is 0.290. The second-order valence-corrected chi connectivity index (χ2v) is 2.44. The lowest BCUT2D eigenvalue weighted by atomic mass is 10.2. The molecule has 0 radical (unpaired) electrons. The molecule has 1 rings (SSSR count). The molecule has 0 aliphatic rings. The minimum Gasteiger partial charge on any atom is -0.406 e. The smallest absolute Gasteiger partial charge is 0.406 e. The van der Waals surface area contributed by atoms with Crippen molar-refractivity contribution in [1.29, 1.82) is 5.26 Å². The molecule has 0 spiro atoms. The third-order valence-electron chi connectivity index (χ3n) is 1.33. The van der Waals surface area contributed by atoms with Gasteiger partial charge in [-0.1, -0.05) is 12.0 Å². The SMILES string of the molecule is N#CC#Cc1cccc(OC(F)(F)F)c1. The van der Waals surface area contributed by atoms with E-state index >= 15 is 0 Å². The molecule has 0 atom stereocenters. The summed E-state index contributed by atoms with van der Waals surface area (Å²) in [5.74, 6) is 4.08. The first-order valence-corrected chi connectivity index (χ1v) is 3.77. The lowest BCUT2D eigenvalue weighted by molar-refractivity contribution is -0.274. The molecule has 0 aromatic heterocycles. The van der Waals surface area contributed by atoms with E-state index < -0.39 is 6.36 Å². The van der Waals surface area contributed by atoms with E-state index in [-0.39, 0.29) is 5.75 Å². The van der Waals surface area contributed by atoms with Gasteiger partial charge in [0.2, 0.25) is 0 Å². The Morgan fingerprint density at radius 2 is 2.00 bits per heavy atom. The first-order chi connectivity index (χ1) is 7.01. The van der Waals surface area contributed by atoms with Crippen LogP contribution in [0.5, 0.6) is 5.75 Å². The van der Waals surface area contributed by atoms with Crippen LogP contribution in [0.4, 0.5) is 13.2 Å². The maximum Gasteiger partial charge on any atom is 0.573 e. The quantitative estimate of drug-likeness (QED) is 0.668. The fraction of sp³-hybridized carbons (Fsp3) is 0.100. The van der Waals surface area contributed by atoms with Crippen molar-refractivity contribution in [1.82, 2.24) is 0 Å². The molecule has 0 N–H and O–H groups in total. The largest absolute Gasteiger partial charge is 0.573 e. The zero-order valence-electron chi connectivity index (χ0n) is 7.30. The Hall–Kier alpha value is -2.14. The maximum atomic E-state index is 11.8. The van der Waals surface area contributed by atoms with Gasteiger partial charge in [0.25, 0.3) is 0 Å². The summed E-state index contributed by atoms with van der Waals surface area (Å²) in [6, 6.07) is 6.67. The van der Waals surface area contributed by atoms with Gasteiger partial charge in [-0.3, -0.25) is 0 Å². The number of alkyl halides is 3. The van der Waals surface area contributed by atoms with Crippen molar-refractivity contribution in [3.05, 3.63) is 29.8 Å². The van der Waals surface area contributed by atoms with Crippen molar-refractivity contribution < 1.29 is 17.9 Å². The molecule has 76 valence electrons. The van der Waals surface area contributed by atoms with Gasteiger partial charge in [-0.2, -0.15) is 5.26 Å². The second kappa shape index (κ2) is 4.39. The topological polar surface area (TPSA) is 33.0 Å². The summed E-state index contributed by atoms with van der Waals surface area (Å²) in [6.45, 7) is 0. The van der Waals surface area contributed by atoms with E-state index in [1.807, 2.05) is 0 Å². The molecule has 0 heterocycles. The fourth-order valence-corrected chi connectivity index (χ4v) is 0.871. The Labute approximate surface area is 83.9 Å². The summed E-state index contributed by atoms with van der Waals surface area (Å²) < 4.78 is 39.1. The van der Waals surface area contributed by atoms with E-state index in [1.54, 1.807) is 6.07 Å². The third kappa shape index (κ3) is 4.06. The highest BCUT2D eigenvalue weighted by molar-refractivity contribution is 5.41. The monoisotopic (exact) mass is 211 g/mol. The molecule has 0 aliphatic carbocycles. The predicted octanol–water partition coefficient (Wildman–Crippen LogP) is 2.46. The van der Waals surface area contributed by atoms with E-state index in [9.17, 15) is 13.2 Å². The Balaban J connectivity index is 2.89. The average molecular weight is 211 g/mol. The number of hydrogen-bond donors (Lipinski definition) is 0. The summed E-state index contributed by atoms with van der Waals surface area (Å²) in [7, 11) is 0. The second-order valence-electron chi connectivity index (χ2n) is 2.44. The highest BCUT2D eigenvalue weighted by Gasteiger charge is 2.30. The van der Waals surface area contributed by atoms with Gasteiger partial charge in [0, 0.05) is 11.5 Å². The highest BCUT2D eigenvalue weighted by Crippen LogP contribution is 2.22. The first kappa shape index (κ1) is 10.9. The van der Waals surface area contributed by atoms with Gasteiger partial charge >= 0.3 is 6.36 Å². The molecule has 1 aromatic carbocycles. The van der Waals surface area contributed by atoms with Crippen LogP contribution in [0, 0.1) is 23.2 Å². The van der Waals surface area contributed by atoms with E-state index in [0.717, 1.165) is 12.1 Å². The summed E-state index contributed by atoms with van der Waals surface area (Å²) >= 11 is 0. The van der Waals surface area contributed by atoms with Crippen LogP contribution in [0.25, 0.3) is 0 Å². The zero-order chi connectivity index (χ0) is 11.3. The van der Waals surface area contributed by atoms with E-state index in [0.29, 0.717) is 5.56 Å². The van der Waals surface area contributed by atoms with E-state index in [1.165, 1.54) is 12.1 Å². The molecule has 15 heavy (non-hydrogen) atoms. The lowest BCUT2D eigenvalue weighted by Gasteiger charge is -2.08. The number of nitrogens with zero attached hydrogens (tertiary/aromatic N) is 1. The molecule has 2 nitrogen and oxygen atoms in total. The fourth-order valence-electron chi connectivity index (χ4n) is 0.871. The molecule has 0 fully saturated rings. The van der Waals surface area contributed by atoms with Crippen LogP contribution < -0.4 is 4.74 Å². The van der Waals surface area contributed by atoms with Crippen molar-refractivity contribution in [2.45, 2.75) is 6.36 Å². The molecule has 0 saturated heterocycles. The number of rotatable bonds is 1. The van der Waals surface area contributed by atoms with Crippen LogP contribution in [0.1, 0.15) is 5.56 Å². The standard InChI is InChI=1S/C10H4F3NO/c11-10(12,13)15-9-5-1-3-8(7-9)4-2-6-14/h1,3,5,7H. The van der Waals surface area contributed by atoms with Gasteiger partial charge in [0.05, 0.1) is 0 Å². The summed E-state index contributed by atoms with van der Waals surface area (Å²) in [6.07, 6.45) is -4.72. The van der Waals surface area contributed by atoms with Crippen molar-refractivity contribution in [2.75, 3.05) is 0 Å². The van der Waals surface area contributed by atoms with Crippen molar-refractivity contribution in [3.63, 3.8) is 0 Å². The number of benzene rings is 1. The molecule has 1 aromatic rings. The van der Waals surface area contributed by atoms with Crippen LogP contribution in [-0.2, 0) is 0 Å². The number of nitriles is 1. The number of hydrogen-bond acceptors (Lipinski definition) is 2. The molecule has 0 unspecified atom stereocenters. The summed E-state index contributed by atoms with van der Waals surface area (Å²) in [5, 5.41) is 8.15. The highest BCUT2D eigenvalue weighted by atomic mass is 19.4. The molecule has 0 bridgehead atoms. The van der Waals surface area contributed by atoms with E-state index in [4.69, 9.17) is 5.26 Å². The maximum absolute atomic E-state index is 11.8. The van der Waals surface area contributed by atoms with Crippen LogP contribution >= 0.6 is 0 Å². The number of ether oxygens (including phenoxy) is 1. The molecule has 0 amide bonds. The van der Waals surface area contributed by atoms with Crippen molar-refractivity contribution in [3.8, 4) is 23.7 Å². The molecule has 5 heteroatoms.